The van der Waals surface area contributed by atoms with Crippen molar-refractivity contribution >= 4 is 17.6 Å². The molecule has 2 aromatic rings. The number of nitrogens with one attached hydrogen (secondary N) is 1. The zero-order chi connectivity index (χ0) is 15.6. The van der Waals surface area contributed by atoms with Crippen molar-refractivity contribution in [2.24, 2.45) is 0 Å². The average Bonchev–Trinajstić information content (AvgIpc) is 2.43. The third-order valence-electron chi connectivity index (χ3n) is 3.12. The Morgan fingerprint density at radius 1 is 1.00 bits per heavy atom. The quantitative estimate of drug-likeness (QED) is 0.757. The van der Waals surface area contributed by atoms with Gasteiger partial charge >= 0.3 is 5.97 Å². The van der Waals surface area contributed by atoms with Gasteiger partial charge in [-0.1, -0.05) is 17.7 Å². The van der Waals surface area contributed by atoms with E-state index in [1.807, 2.05) is 26.0 Å². The van der Waals surface area contributed by atoms with Crippen molar-refractivity contribution < 1.29 is 19.8 Å². The van der Waals surface area contributed by atoms with Gasteiger partial charge in [-0.3, -0.25) is 4.79 Å². The molecule has 108 valence electrons. The number of aromatic hydroxyl groups is 1. The number of carboxylic acid groups (broad SMARTS) is 1. The number of phenols is 1. The van der Waals surface area contributed by atoms with Gasteiger partial charge in [0.1, 0.15) is 5.75 Å². The number of hydrogen-bond acceptors (Lipinski definition) is 3. The fraction of sp³-hybridized carbons (Fsp3) is 0.125. The summed E-state index contributed by atoms with van der Waals surface area (Å²) in [6.45, 7) is 3.68. The zero-order valence-electron chi connectivity index (χ0n) is 11.7. The van der Waals surface area contributed by atoms with Crippen molar-refractivity contribution in [3.05, 3.63) is 58.7 Å². The molecule has 0 unspecified atom stereocenters. The number of phenolic OH excluding ortho intramolecular Hbond substituents is 1. The van der Waals surface area contributed by atoms with Crippen LogP contribution in [0.15, 0.2) is 36.4 Å². The number of aryl methyl sites for hydroxylation is 2. The summed E-state index contributed by atoms with van der Waals surface area (Å²) in [7, 11) is 0. The predicted molar refractivity (Wildman–Crippen MR) is 78.9 cm³/mol. The lowest BCUT2D eigenvalue weighted by atomic mass is 10.0. The van der Waals surface area contributed by atoms with Gasteiger partial charge in [0.15, 0.2) is 0 Å². The first-order valence-electron chi connectivity index (χ1n) is 6.33. The van der Waals surface area contributed by atoms with E-state index < -0.39 is 5.97 Å². The molecule has 5 nitrogen and oxygen atoms in total. The van der Waals surface area contributed by atoms with Crippen LogP contribution in [-0.4, -0.2) is 22.1 Å². The van der Waals surface area contributed by atoms with Crippen LogP contribution < -0.4 is 5.32 Å². The summed E-state index contributed by atoms with van der Waals surface area (Å²) in [6.07, 6.45) is 0. The van der Waals surface area contributed by atoms with Crippen molar-refractivity contribution in [1.29, 1.82) is 0 Å². The van der Waals surface area contributed by atoms with Crippen molar-refractivity contribution in [1.82, 2.24) is 0 Å². The van der Waals surface area contributed by atoms with E-state index >= 15 is 0 Å². The van der Waals surface area contributed by atoms with Gasteiger partial charge in [0.05, 0.1) is 11.3 Å². The van der Waals surface area contributed by atoms with E-state index in [0.717, 1.165) is 17.2 Å². The summed E-state index contributed by atoms with van der Waals surface area (Å²) in [4.78, 5) is 23.4. The van der Waals surface area contributed by atoms with Crippen LogP contribution in [0, 0.1) is 13.8 Å². The summed E-state index contributed by atoms with van der Waals surface area (Å²) >= 11 is 0. The lowest BCUT2D eigenvalue weighted by Gasteiger charge is -2.11. The number of carboxylic acids is 1. The van der Waals surface area contributed by atoms with Gasteiger partial charge in [0.25, 0.3) is 5.91 Å². The monoisotopic (exact) mass is 285 g/mol. The lowest BCUT2D eigenvalue weighted by molar-refractivity contribution is 0.0697. The minimum atomic E-state index is -1.22. The Kier molecular flexibility index (Phi) is 3.93. The second-order valence-electron chi connectivity index (χ2n) is 4.81. The first-order chi connectivity index (χ1) is 9.88. The van der Waals surface area contributed by atoms with Gasteiger partial charge in [-0.15, -0.1) is 0 Å². The Morgan fingerprint density at radius 3 is 2.38 bits per heavy atom. The molecule has 0 bridgehead atoms. The third kappa shape index (κ3) is 3.20. The number of benzene rings is 2. The number of aromatic carboxylic acids is 1. The molecule has 3 N–H and O–H groups in total. The molecule has 5 heteroatoms. The molecule has 2 aromatic carbocycles. The fourth-order valence-corrected chi connectivity index (χ4v) is 1.99. The molecule has 2 rings (SSSR count). The number of anilines is 1. The SMILES string of the molecule is Cc1ccc(C)c(C(=O)Nc2ccc(O)cc2C(=O)O)c1. The van der Waals surface area contributed by atoms with E-state index in [9.17, 15) is 14.7 Å². The first kappa shape index (κ1) is 14.6. The maximum Gasteiger partial charge on any atom is 0.337 e. The minimum absolute atomic E-state index is 0.145. The topological polar surface area (TPSA) is 86.6 Å². The number of rotatable bonds is 3. The lowest BCUT2D eigenvalue weighted by Crippen LogP contribution is -2.16. The largest absolute Gasteiger partial charge is 0.508 e. The molecule has 0 aliphatic heterocycles. The molecule has 0 aliphatic rings. The Hall–Kier alpha value is -2.82. The molecule has 0 saturated carbocycles. The van der Waals surface area contributed by atoms with Crippen molar-refractivity contribution in [3.63, 3.8) is 0 Å². The van der Waals surface area contributed by atoms with E-state index in [4.69, 9.17) is 5.11 Å². The molecule has 0 fully saturated rings. The van der Waals surface area contributed by atoms with Gasteiger partial charge in [-0.2, -0.15) is 0 Å². The van der Waals surface area contributed by atoms with E-state index in [2.05, 4.69) is 5.32 Å². The Bertz CT molecular complexity index is 722. The average molecular weight is 285 g/mol. The maximum absolute atomic E-state index is 12.3. The fourth-order valence-electron chi connectivity index (χ4n) is 1.99. The Labute approximate surface area is 121 Å². The number of carbonyl (C=O) groups is 2. The molecule has 0 radical (unpaired) electrons. The molecule has 0 heterocycles. The molecule has 0 spiro atoms. The van der Waals surface area contributed by atoms with E-state index in [-0.39, 0.29) is 22.9 Å². The minimum Gasteiger partial charge on any atom is -0.508 e. The second kappa shape index (κ2) is 5.66. The van der Waals surface area contributed by atoms with Crippen LogP contribution in [0.4, 0.5) is 5.69 Å². The number of carbonyl (C=O) groups excluding carboxylic acids is 1. The van der Waals surface area contributed by atoms with Crippen LogP contribution in [0.3, 0.4) is 0 Å². The smallest absolute Gasteiger partial charge is 0.337 e. The first-order valence-corrected chi connectivity index (χ1v) is 6.33. The van der Waals surface area contributed by atoms with Gasteiger partial charge in [-0.25, -0.2) is 4.79 Å². The van der Waals surface area contributed by atoms with Crippen LogP contribution in [0.2, 0.25) is 0 Å². The number of amides is 1. The van der Waals surface area contributed by atoms with Crippen molar-refractivity contribution in [3.8, 4) is 5.75 Å². The van der Waals surface area contributed by atoms with Crippen molar-refractivity contribution in [2.45, 2.75) is 13.8 Å². The van der Waals surface area contributed by atoms with Gasteiger partial charge in [0, 0.05) is 5.56 Å². The molecule has 1 amide bonds. The van der Waals surface area contributed by atoms with Crippen LogP contribution in [-0.2, 0) is 0 Å². The highest BCUT2D eigenvalue weighted by Crippen LogP contribution is 2.22. The molecular formula is C16H15NO4. The van der Waals surface area contributed by atoms with Crippen LogP contribution in [0.25, 0.3) is 0 Å². The highest BCUT2D eigenvalue weighted by molar-refractivity contribution is 6.08. The maximum atomic E-state index is 12.3. The van der Waals surface area contributed by atoms with Crippen LogP contribution in [0.5, 0.6) is 5.75 Å². The standard InChI is InChI=1S/C16H15NO4/c1-9-3-4-10(2)12(7-9)15(19)17-14-6-5-11(18)8-13(14)16(20)21/h3-8,18H,1-2H3,(H,17,19)(H,20,21). The molecule has 0 aliphatic carbocycles. The summed E-state index contributed by atoms with van der Waals surface area (Å²) in [5.41, 5.74) is 2.21. The summed E-state index contributed by atoms with van der Waals surface area (Å²) in [6, 6.07) is 9.26. The molecule has 0 saturated heterocycles. The van der Waals surface area contributed by atoms with Gasteiger partial charge in [-0.05, 0) is 43.7 Å². The highest BCUT2D eigenvalue weighted by atomic mass is 16.4. The van der Waals surface area contributed by atoms with E-state index in [1.165, 1.54) is 12.1 Å². The number of hydrogen-bond donors (Lipinski definition) is 3. The molecule has 0 atom stereocenters. The summed E-state index contributed by atoms with van der Waals surface area (Å²) < 4.78 is 0. The predicted octanol–water partition coefficient (Wildman–Crippen LogP) is 2.96. The van der Waals surface area contributed by atoms with Gasteiger partial charge in [0.2, 0.25) is 0 Å². The van der Waals surface area contributed by atoms with E-state index in [1.54, 1.807) is 6.07 Å². The molecule has 21 heavy (non-hydrogen) atoms. The molecular weight excluding hydrogens is 270 g/mol. The van der Waals surface area contributed by atoms with Gasteiger partial charge < -0.3 is 15.5 Å². The Morgan fingerprint density at radius 2 is 1.71 bits per heavy atom. The normalized spacial score (nSPS) is 10.2. The van der Waals surface area contributed by atoms with Crippen molar-refractivity contribution in [2.75, 3.05) is 5.32 Å². The summed E-state index contributed by atoms with van der Waals surface area (Å²) in [5, 5.41) is 21.0. The summed E-state index contributed by atoms with van der Waals surface area (Å²) in [5.74, 6) is -1.77. The Balaban J connectivity index is 2.36. The molecule has 0 aromatic heterocycles. The highest BCUT2D eigenvalue weighted by Gasteiger charge is 2.15. The second-order valence-corrected chi connectivity index (χ2v) is 4.81. The third-order valence-corrected chi connectivity index (χ3v) is 3.12. The zero-order valence-corrected chi connectivity index (χ0v) is 11.7. The van der Waals surface area contributed by atoms with Crippen LogP contribution in [0.1, 0.15) is 31.8 Å². The van der Waals surface area contributed by atoms with Crippen LogP contribution >= 0.6 is 0 Å². The van der Waals surface area contributed by atoms with E-state index in [0.29, 0.717) is 5.56 Å².